The van der Waals surface area contributed by atoms with E-state index in [0.717, 1.165) is 25.7 Å². The van der Waals surface area contributed by atoms with Gasteiger partial charge in [-0.25, -0.2) is 4.79 Å². The molecule has 256 valence electrons. The Morgan fingerprint density at radius 2 is 1.26 bits per heavy atom. The largest absolute Gasteiger partial charge is 0.477 e. The van der Waals surface area contributed by atoms with Crippen LogP contribution in [0.3, 0.4) is 0 Å². The second-order valence-corrected chi connectivity index (χ2v) is 11.4. The maximum atomic E-state index is 12.5. The molecular formula is C38H58NO7+. The fraction of sp³-hybridized carbons (Fsp3) is 0.500. The van der Waals surface area contributed by atoms with E-state index in [1.165, 1.54) is 0 Å². The van der Waals surface area contributed by atoms with Crippen molar-refractivity contribution in [3.8, 4) is 0 Å². The monoisotopic (exact) mass is 640 g/mol. The number of likely N-dealkylation sites (N-methyl/N-ethyl adjacent to an activating group) is 1. The molecule has 1 N–H and O–H groups in total. The van der Waals surface area contributed by atoms with Crippen LogP contribution < -0.4 is 0 Å². The number of carboxylic acid groups (broad SMARTS) is 1. The van der Waals surface area contributed by atoms with E-state index < -0.39 is 30.1 Å². The number of nitrogens with zero attached hydrogens (tertiary/aromatic N) is 1. The first kappa shape index (κ1) is 42.2. The molecule has 0 saturated carbocycles. The molecule has 0 heterocycles. The van der Waals surface area contributed by atoms with Crippen molar-refractivity contribution in [2.24, 2.45) is 0 Å². The number of allylic oxidation sites excluding steroid dienone is 15. The van der Waals surface area contributed by atoms with Gasteiger partial charge in [-0.3, -0.25) is 9.59 Å². The van der Waals surface area contributed by atoms with E-state index in [-0.39, 0.29) is 43.6 Å². The van der Waals surface area contributed by atoms with Gasteiger partial charge in [-0.15, -0.1) is 0 Å². The van der Waals surface area contributed by atoms with Crippen LogP contribution in [0.25, 0.3) is 0 Å². The Kier molecular flexibility index (Phi) is 26.4. The Morgan fingerprint density at radius 1 is 0.696 bits per heavy atom. The lowest BCUT2D eigenvalue weighted by Crippen LogP contribution is -2.50. The van der Waals surface area contributed by atoms with Crippen LogP contribution in [0, 0.1) is 0 Å². The predicted octanol–water partition coefficient (Wildman–Crippen LogP) is 7.62. The lowest BCUT2D eigenvalue weighted by molar-refractivity contribution is -0.887. The summed E-state index contributed by atoms with van der Waals surface area (Å²) in [5.74, 6) is -1.74. The first-order valence-electron chi connectivity index (χ1n) is 16.3. The second kappa shape index (κ2) is 28.7. The molecule has 8 heteroatoms. The molecule has 0 aromatic carbocycles. The first-order chi connectivity index (χ1) is 22.1. The highest BCUT2D eigenvalue weighted by Crippen LogP contribution is 2.10. The number of quaternary nitrogens is 1. The Morgan fingerprint density at radius 3 is 1.85 bits per heavy atom. The Labute approximate surface area is 277 Å². The summed E-state index contributed by atoms with van der Waals surface area (Å²) in [6.07, 6.45) is 36.5. The highest BCUT2D eigenvalue weighted by Gasteiger charge is 2.31. The zero-order valence-corrected chi connectivity index (χ0v) is 28.7. The van der Waals surface area contributed by atoms with Crippen molar-refractivity contribution in [1.82, 2.24) is 0 Å². The van der Waals surface area contributed by atoms with Crippen LogP contribution in [0.4, 0.5) is 0 Å². The third-order valence-electron chi connectivity index (χ3n) is 6.39. The summed E-state index contributed by atoms with van der Waals surface area (Å²) in [6.45, 7) is 4.21. The van der Waals surface area contributed by atoms with E-state index in [1.54, 1.807) is 6.08 Å². The van der Waals surface area contributed by atoms with E-state index in [2.05, 4.69) is 38.2 Å². The molecule has 46 heavy (non-hydrogen) atoms. The fourth-order valence-corrected chi connectivity index (χ4v) is 3.88. The molecule has 0 saturated heterocycles. The molecular weight excluding hydrogens is 582 g/mol. The van der Waals surface area contributed by atoms with Crippen molar-refractivity contribution in [2.75, 3.05) is 41.0 Å². The summed E-state index contributed by atoms with van der Waals surface area (Å²) in [4.78, 5) is 36.5. The summed E-state index contributed by atoms with van der Waals surface area (Å²) in [6, 6.07) is -0.642. The number of hydrogen-bond acceptors (Lipinski definition) is 6. The molecule has 0 aromatic heterocycles. The summed E-state index contributed by atoms with van der Waals surface area (Å²) >= 11 is 0. The lowest BCUT2D eigenvalue weighted by Gasteiger charge is -2.31. The molecule has 0 aliphatic heterocycles. The molecule has 0 radical (unpaired) electrons. The van der Waals surface area contributed by atoms with Crippen molar-refractivity contribution in [3.05, 3.63) is 97.2 Å². The lowest BCUT2D eigenvalue weighted by atomic mass is 10.1. The third-order valence-corrected chi connectivity index (χ3v) is 6.39. The highest BCUT2D eigenvalue weighted by atomic mass is 16.6. The van der Waals surface area contributed by atoms with Crippen LogP contribution in [0.2, 0.25) is 0 Å². The van der Waals surface area contributed by atoms with Gasteiger partial charge in [0.25, 0.3) is 0 Å². The van der Waals surface area contributed by atoms with Crippen molar-refractivity contribution in [2.45, 2.75) is 83.8 Å². The predicted molar refractivity (Wildman–Crippen MR) is 187 cm³/mol. The van der Waals surface area contributed by atoms with E-state index in [0.29, 0.717) is 12.8 Å². The Hall–Kier alpha value is -3.75. The quantitative estimate of drug-likeness (QED) is 0.0341. The molecule has 2 atom stereocenters. The Bertz CT molecular complexity index is 1070. The van der Waals surface area contributed by atoms with Crippen LogP contribution in [0.5, 0.6) is 0 Å². The van der Waals surface area contributed by atoms with Crippen molar-refractivity contribution < 1.29 is 38.2 Å². The Balaban J connectivity index is 4.78. The highest BCUT2D eigenvalue weighted by molar-refractivity contribution is 5.72. The molecule has 0 aliphatic carbocycles. The van der Waals surface area contributed by atoms with Gasteiger partial charge >= 0.3 is 17.9 Å². The van der Waals surface area contributed by atoms with Crippen molar-refractivity contribution in [3.63, 3.8) is 0 Å². The summed E-state index contributed by atoms with van der Waals surface area (Å²) in [5, 5.41) is 9.54. The second-order valence-electron chi connectivity index (χ2n) is 11.4. The number of unbranched alkanes of at least 4 members (excludes halogenated alkanes) is 1. The van der Waals surface area contributed by atoms with Gasteiger partial charge < -0.3 is 23.8 Å². The van der Waals surface area contributed by atoms with Gasteiger partial charge in [-0.2, -0.15) is 0 Å². The van der Waals surface area contributed by atoms with Crippen LogP contribution in [-0.4, -0.2) is 80.6 Å². The maximum absolute atomic E-state index is 12.5. The molecule has 0 aliphatic rings. The van der Waals surface area contributed by atoms with Gasteiger partial charge in [-0.1, -0.05) is 111 Å². The fourth-order valence-electron chi connectivity index (χ4n) is 3.88. The minimum atomic E-state index is -0.904. The average Bonchev–Trinajstić information content (AvgIpc) is 3.00. The number of esters is 2. The number of carbonyl (C=O) groups excluding carboxylic acids is 2. The van der Waals surface area contributed by atoms with E-state index in [4.69, 9.17) is 14.2 Å². The molecule has 0 rings (SSSR count). The molecule has 0 fully saturated rings. The van der Waals surface area contributed by atoms with Gasteiger partial charge in [0, 0.05) is 12.8 Å². The smallest absolute Gasteiger partial charge is 0.362 e. The zero-order chi connectivity index (χ0) is 34.3. The van der Waals surface area contributed by atoms with Gasteiger partial charge in [-0.05, 0) is 38.5 Å². The first-order valence-corrected chi connectivity index (χ1v) is 16.3. The van der Waals surface area contributed by atoms with Crippen LogP contribution in [0.1, 0.15) is 71.6 Å². The number of ether oxygens (including phenoxy) is 3. The zero-order valence-electron chi connectivity index (χ0n) is 28.7. The van der Waals surface area contributed by atoms with E-state index in [9.17, 15) is 19.5 Å². The topological polar surface area (TPSA) is 99.1 Å². The van der Waals surface area contributed by atoms with E-state index in [1.807, 2.05) is 88.0 Å². The van der Waals surface area contributed by atoms with Crippen LogP contribution in [-0.2, 0) is 28.6 Å². The molecule has 8 nitrogen and oxygen atoms in total. The van der Waals surface area contributed by atoms with E-state index >= 15 is 0 Å². The van der Waals surface area contributed by atoms with Crippen LogP contribution >= 0.6 is 0 Å². The molecule has 0 spiro atoms. The number of aliphatic carboxylic acids is 1. The number of hydrogen-bond donors (Lipinski definition) is 1. The third kappa shape index (κ3) is 26.6. The van der Waals surface area contributed by atoms with Crippen molar-refractivity contribution >= 4 is 17.9 Å². The van der Waals surface area contributed by atoms with Gasteiger partial charge in [0.15, 0.2) is 12.1 Å². The standard InChI is InChI=1S/C38H57NO7/c1-6-8-10-12-14-16-17-18-19-21-23-25-27-29-37(41)46-34(32-44-31-30-35(38(42)43)39(3,4)5)33-45-36(40)28-26-24-22-20-15-13-11-9-7-2/h8-12,14-21,23-24,26,34-35H,6-7,13,22,25,27-33H2,1-5H3/p+1/b10-8+,11-9+,14-12+,17-16+,19-18+,20-15+,23-21+,26-24+. The van der Waals surface area contributed by atoms with Gasteiger partial charge in [0.1, 0.15) is 6.61 Å². The minimum Gasteiger partial charge on any atom is -0.477 e. The van der Waals surface area contributed by atoms with Crippen molar-refractivity contribution in [1.29, 1.82) is 0 Å². The number of carboxylic acids is 1. The normalized spacial score (nSPS) is 14.4. The summed E-state index contributed by atoms with van der Waals surface area (Å²) in [5.41, 5.74) is 0. The SMILES string of the molecule is CC/C=C/C=C/C=C/C=C/C=C/CCCC(=O)OC(COCCC(C(=O)O)[N+](C)(C)C)COC(=O)C/C=C/C/C=C/C/C=C/CC. The minimum absolute atomic E-state index is 0.00207. The molecule has 0 amide bonds. The van der Waals surface area contributed by atoms with Gasteiger partial charge in [0.2, 0.25) is 0 Å². The van der Waals surface area contributed by atoms with Crippen LogP contribution in [0.15, 0.2) is 97.2 Å². The molecule has 2 unspecified atom stereocenters. The number of rotatable bonds is 26. The average molecular weight is 641 g/mol. The molecule has 0 aromatic rings. The number of carbonyl (C=O) groups is 3. The maximum Gasteiger partial charge on any atom is 0.362 e. The summed E-state index contributed by atoms with van der Waals surface area (Å²) < 4.78 is 16.9. The summed E-state index contributed by atoms with van der Waals surface area (Å²) in [7, 11) is 5.44. The molecule has 0 bridgehead atoms. The van der Waals surface area contributed by atoms with Gasteiger partial charge in [0.05, 0.1) is 40.8 Å².